The van der Waals surface area contributed by atoms with Crippen LogP contribution in [0.25, 0.3) is 0 Å². The van der Waals surface area contributed by atoms with Crippen molar-refractivity contribution in [2.24, 2.45) is 0 Å². The van der Waals surface area contributed by atoms with E-state index >= 15 is 0 Å². The van der Waals surface area contributed by atoms with Gasteiger partial charge in [0.05, 0.1) is 6.04 Å². The molecule has 1 atom stereocenters. The first-order chi connectivity index (χ1) is 6.70. The topological polar surface area (TPSA) is 49.3 Å². The fraction of sp³-hybridized carbons (Fsp3) is 0.727. The number of unbranched alkanes of at least 4 members (excludes halogenated alkanes) is 1. The van der Waals surface area contributed by atoms with Crippen molar-refractivity contribution < 1.29 is 9.90 Å². The highest BCUT2D eigenvalue weighted by molar-refractivity contribution is 5.66. The van der Waals surface area contributed by atoms with Gasteiger partial charge in [-0.2, -0.15) is 0 Å². The number of carbonyl (C=O) groups is 1. The van der Waals surface area contributed by atoms with Crippen LogP contribution in [-0.4, -0.2) is 23.7 Å². The smallest absolute Gasteiger partial charge is 0.303 e. The molecule has 80 valence electrons. The predicted molar refractivity (Wildman–Crippen MR) is 57.0 cm³/mol. The fourth-order valence-electron chi connectivity index (χ4n) is 1.21. The second kappa shape index (κ2) is 8.58. The summed E-state index contributed by atoms with van der Waals surface area (Å²) in [6.45, 7) is 2.90. The summed E-state index contributed by atoms with van der Waals surface area (Å²) in [5, 5.41) is 11.6. The normalized spacial score (nSPS) is 12.0. The third-order valence-corrected chi connectivity index (χ3v) is 1.99. The van der Waals surface area contributed by atoms with Crippen LogP contribution >= 0.6 is 0 Å². The highest BCUT2D eigenvalue weighted by Crippen LogP contribution is 1.97. The van der Waals surface area contributed by atoms with Crippen LogP contribution in [0.5, 0.6) is 0 Å². The molecule has 1 unspecified atom stereocenters. The van der Waals surface area contributed by atoms with Gasteiger partial charge in [-0.15, -0.1) is 6.42 Å². The Bertz CT molecular complexity index is 196. The Labute approximate surface area is 85.9 Å². The zero-order valence-electron chi connectivity index (χ0n) is 8.75. The van der Waals surface area contributed by atoms with Crippen LogP contribution in [0.15, 0.2) is 0 Å². The second-order valence-corrected chi connectivity index (χ2v) is 3.31. The first-order valence-corrected chi connectivity index (χ1v) is 5.12. The van der Waals surface area contributed by atoms with Gasteiger partial charge in [0.25, 0.3) is 0 Å². The first kappa shape index (κ1) is 13.0. The first-order valence-electron chi connectivity index (χ1n) is 5.12. The van der Waals surface area contributed by atoms with Gasteiger partial charge in [-0.05, 0) is 25.8 Å². The predicted octanol–water partition coefficient (Wildman–Crippen LogP) is 1.63. The molecule has 0 aromatic heterocycles. The molecular formula is C11H19NO2. The third-order valence-electron chi connectivity index (χ3n) is 1.99. The van der Waals surface area contributed by atoms with Crippen molar-refractivity contribution in [1.82, 2.24) is 5.32 Å². The Morgan fingerprint density at radius 1 is 1.57 bits per heavy atom. The van der Waals surface area contributed by atoms with Crippen molar-refractivity contribution in [3.05, 3.63) is 0 Å². The maximum Gasteiger partial charge on any atom is 0.303 e. The highest BCUT2D eigenvalue weighted by Gasteiger charge is 2.01. The van der Waals surface area contributed by atoms with E-state index in [0.717, 1.165) is 25.8 Å². The summed E-state index contributed by atoms with van der Waals surface area (Å²) in [5.41, 5.74) is 0. The monoisotopic (exact) mass is 197 g/mol. The van der Waals surface area contributed by atoms with Gasteiger partial charge in [0, 0.05) is 6.42 Å². The number of carboxylic acids is 1. The average molecular weight is 197 g/mol. The molecule has 0 heterocycles. The molecule has 0 fully saturated rings. The van der Waals surface area contributed by atoms with Gasteiger partial charge in [-0.25, -0.2) is 0 Å². The van der Waals surface area contributed by atoms with E-state index < -0.39 is 5.97 Å². The van der Waals surface area contributed by atoms with E-state index in [9.17, 15) is 4.79 Å². The zero-order valence-corrected chi connectivity index (χ0v) is 8.75. The molecule has 0 saturated carbocycles. The molecule has 0 saturated heterocycles. The van der Waals surface area contributed by atoms with Gasteiger partial charge < -0.3 is 10.4 Å². The standard InChI is InChI=1S/C11H19NO2/c1-3-7-10(4-2)12-9-6-5-8-11(13)14/h2,10,12H,3,5-9H2,1H3,(H,13,14). The third kappa shape index (κ3) is 7.63. The Kier molecular flexibility index (Phi) is 7.96. The fourth-order valence-corrected chi connectivity index (χ4v) is 1.21. The summed E-state index contributed by atoms with van der Waals surface area (Å²) < 4.78 is 0. The van der Waals surface area contributed by atoms with Gasteiger partial charge in [0.15, 0.2) is 0 Å². The Hall–Kier alpha value is -1.01. The maximum absolute atomic E-state index is 10.2. The van der Waals surface area contributed by atoms with Gasteiger partial charge in [-0.3, -0.25) is 4.79 Å². The van der Waals surface area contributed by atoms with Crippen LogP contribution in [-0.2, 0) is 4.79 Å². The largest absolute Gasteiger partial charge is 0.481 e. The molecule has 0 aromatic carbocycles. The van der Waals surface area contributed by atoms with E-state index in [1.54, 1.807) is 0 Å². The van der Waals surface area contributed by atoms with Crippen molar-refractivity contribution in [2.75, 3.05) is 6.54 Å². The minimum absolute atomic E-state index is 0.143. The number of nitrogens with one attached hydrogen (secondary N) is 1. The van der Waals surface area contributed by atoms with E-state index in [0.29, 0.717) is 6.42 Å². The van der Waals surface area contributed by atoms with Gasteiger partial charge in [0.2, 0.25) is 0 Å². The average Bonchev–Trinajstić information content (AvgIpc) is 2.15. The molecule has 0 aliphatic rings. The summed E-state index contributed by atoms with van der Waals surface area (Å²) in [5.74, 6) is 1.95. The van der Waals surface area contributed by atoms with E-state index in [4.69, 9.17) is 11.5 Å². The molecule has 0 bridgehead atoms. The van der Waals surface area contributed by atoms with Gasteiger partial charge >= 0.3 is 5.97 Å². The highest BCUT2D eigenvalue weighted by atomic mass is 16.4. The molecule has 3 heteroatoms. The number of carboxylic acid groups (broad SMARTS) is 1. The maximum atomic E-state index is 10.2. The van der Waals surface area contributed by atoms with Crippen molar-refractivity contribution in [1.29, 1.82) is 0 Å². The van der Waals surface area contributed by atoms with Crippen molar-refractivity contribution in [3.63, 3.8) is 0 Å². The Balaban J connectivity index is 3.34. The molecule has 0 aliphatic heterocycles. The van der Waals surface area contributed by atoms with Crippen molar-refractivity contribution in [3.8, 4) is 12.3 Å². The molecule has 0 radical (unpaired) electrons. The van der Waals surface area contributed by atoms with Gasteiger partial charge in [0.1, 0.15) is 0 Å². The minimum Gasteiger partial charge on any atom is -0.481 e. The lowest BCUT2D eigenvalue weighted by molar-refractivity contribution is -0.137. The quantitative estimate of drug-likeness (QED) is 0.459. The molecule has 0 spiro atoms. The minimum atomic E-state index is -0.730. The Morgan fingerprint density at radius 3 is 2.79 bits per heavy atom. The number of hydrogen-bond donors (Lipinski definition) is 2. The lowest BCUT2D eigenvalue weighted by Crippen LogP contribution is -2.28. The van der Waals surface area contributed by atoms with E-state index in [-0.39, 0.29) is 12.5 Å². The van der Waals surface area contributed by atoms with Crippen LogP contribution in [0, 0.1) is 12.3 Å². The lowest BCUT2D eigenvalue weighted by atomic mass is 10.1. The van der Waals surface area contributed by atoms with E-state index in [2.05, 4.69) is 18.2 Å². The molecule has 0 amide bonds. The summed E-state index contributed by atoms with van der Waals surface area (Å²) >= 11 is 0. The lowest BCUT2D eigenvalue weighted by Gasteiger charge is -2.10. The second-order valence-electron chi connectivity index (χ2n) is 3.31. The molecule has 2 N–H and O–H groups in total. The summed E-state index contributed by atoms with van der Waals surface area (Å²) in [6.07, 6.45) is 9.19. The van der Waals surface area contributed by atoms with Crippen LogP contribution < -0.4 is 5.32 Å². The van der Waals surface area contributed by atoms with Crippen LogP contribution in [0.2, 0.25) is 0 Å². The molecule has 0 aromatic rings. The van der Waals surface area contributed by atoms with Crippen molar-refractivity contribution in [2.45, 2.75) is 45.1 Å². The SMILES string of the molecule is C#CC(CCC)NCCCCC(=O)O. The molecular weight excluding hydrogens is 178 g/mol. The molecule has 0 rings (SSSR count). The summed E-state index contributed by atoms with van der Waals surface area (Å²) in [4.78, 5) is 10.2. The number of hydrogen-bond acceptors (Lipinski definition) is 2. The molecule has 3 nitrogen and oxygen atoms in total. The van der Waals surface area contributed by atoms with E-state index in [1.165, 1.54) is 0 Å². The van der Waals surface area contributed by atoms with Crippen LogP contribution in [0.3, 0.4) is 0 Å². The molecule has 0 aliphatic carbocycles. The van der Waals surface area contributed by atoms with Gasteiger partial charge in [-0.1, -0.05) is 19.3 Å². The van der Waals surface area contributed by atoms with E-state index in [1.807, 2.05) is 0 Å². The van der Waals surface area contributed by atoms with Crippen LogP contribution in [0.4, 0.5) is 0 Å². The number of aliphatic carboxylic acids is 1. The zero-order chi connectivity index (χ0) is 10.8. The van der Waals surface area contributed by atoms with Crippen molar-refractivity contribution >= 4 is 5.97 Å². The molecule has 14 heavy (non-hydrogen) atoms. The summed E-state index contributed by atoms with van der Waals surface area (Å²) in [7, 11) is 0. The van der Waals surface area contributed by atoms with Crippen LogP contribution in [0.1, 0.15) is 39.0 Å². The number of rotatable bonds is 8. The summed E-state index contributed by atoms with van der Waals surface area (Å²) in [6, 6.07) is 0.143. The Morgan fingerprint density at radius 2 is 2.29 bits per heavy atom. The number of terminal acetylenes is 1.